The van der Waals surface area contributed by atoms with Gasteiger partial charge in [0.25, 0.3) is 0 Å². The van der Waals surface area contributed by atoms with Crippen LogP contribution >= 0.6 is 0 Å². The fraction of sp³-hybridized carbons (Fsp3) is 0.500. The number of hydrogen-bond donors (Lipinski definition) is 2. The maximum absolute atomic E-state index is 12.7. The van der Waals surface area contributed by atoms with Gasteiger partial charge in [0.05, 0.1) is 12.3 Å². The molecule has 3 nitrogen and oxygen atoms in total. The number of nitrogens with zero attached hydrogens (tertiary/aromatic N) is 1. The summed E-state index contributed by atoms with van der Waals surface area (Å²) in [7, 11) is 0. The van der Waals surface area contributed by atoms with Crippen LogP contribution in [0.3, 0.4) is 0 Å². The molecule has 0 unspecified atom stereocenters. The van der Waals surface area contributed by atoms with Crippen LogP contribution in [0.4, 0.5) is 4.39 Å². The van der Waals surface area contributed by atoms with Crippen LogP contribution in [-0.2, 0) is 0 Å². The number of aliphatic hydroxyl groups is 1. The molecule has 2 N–H and O–H groups in total. The lowest BCUT2D eigenvalue weighted by Gasteiger charge is -2.13. The van der Waals surface area contributed by atoms with Gasteiger partial charge in [0.1, 0.15) is 5.82 Å². The van der Waals surface area contributed by atoms with Gasteiger partial charge in [0.2, 0.25) is 0 Å². The van der Waals surface area contributed by atoms with Crippen LogP contribution in [0.1, 0.15) is 25.5 Å². The van der Waals surface area contributed by atoms with E-state index in [2.05, 4.69) is 10.3 Å². The van der Waals surface area contributed by atoms with E-state index >= 15 is 0 Å². The monoisotopic (exact) mass is 198 g/mol. The molecule has 1 heterocycles. The minimum absolute atomic E-state index is 0.297. The molecule has 0 fully saturated rings. The third-order valence-corrected chi connectivity index (χ3v) is 1.83. The van der Waals surface area contributed by atoms with E-state index in [1.54, 1.807) is 0 Å². The van der Waals surface area contributed by atoms with Crippen LogP contribution < -0.4 is 5.32 Å². The molecule has 0 aliphatic rings. The average Bonchev–Trinajstić information content (AvgIpc) is 2.14. The molecular weight excluding hydrogens is 183 g/mol. The third-order valence-electron chi connectivity index (χ3n) is 1.83. The van der Waals surface area contributed by atoms with E-state index in [9.17, 15) is 9.50 Å². The third kappa shape index (κ3) is 3.40. The van der Waals surface area contributed by atoms with Gasteiger partial charge >= 0.3 is 0 Å². The highest BCUT2D eigenvalue weighted by Gasteiger charge is 2.08. The SMILES string of the molecule is CC(C)NC[C@H](O)c1cncc(F)c1. The van der Waals surface area contributed by atoms with E-state index in [0.29, 0.717) is 18.2 Å². The molecule has 0 saturated heterocycles. The molecule has 1 atom stereocenters. The predicted molar refractivity (Wildman–Crippen MR) is 52.3 cm³/mol. The number of aromatic nitrogens is 1. The first-order valence-corrected chi connectivity index (χ1v) is 4.61. The van der Waals surface area contributed by atoms with E-state index in [4.69, 9.17) is 0 Å². The number of hydrogen-bond acceptors (Lipinski definition) is 3. The van der Waals surface area contributed by atoms with Gasteiger partial charge < -0.3 is 10.4 Å². The molecule has 0 amide bonds. The number of nitrogens with one attached hydrogen (secondary N) is 1. The largest absolute Gasteiger partial charge is 0.387 e. The zero-order valence-corrected chi connectivity index (χ0v) is 8.37. The first-order valence-electron chi connectivity index (χ1n) is 4.61. The highest BCUT2D eigenvalue weighted by Crippen LogP contribution is 2.11. The summed E-state index contributed by atoms with van der Waals surface area (Å²) in [6, 6.07) is 1.59. The molecule has 0 aromatic carbocycles. The van der Waals surface area contributed by atoms with Crippen molar-refractivity contribution >= 4 is 0 Å². The quantitative estimate of drug-likeness (QED) is 0.765. The summed E-state index contributed by atoms with van der Waals surface area (Å²) >= 11 is 0. The summed E-state index contributed by atoms with van der Waals surface area (Å²) < 4.78 is 12.7. The van der Waals surface area contributed by atoms with Crippen LogP contribution in [0.15, 0.2) is 18.5 Å². The smallest absolute Gasteiger partial charge is 0.141 e. The van der Waals surface area contributed by atoms with Crippen molar-refractivity contribution in [3.63, 3.8) is 0 Å². The Morgan fingerprint density at radius 2 is 2.21 bits per heavy atom. The Kier molecular flexibility index (Phi) is 3.98. The maximum Gasteiger partial charge on any atom is 0.141 e. The Labute approximate surface area is 83.0 Å². The van der Waals surface area contributed by atoms with Crippen LogP contribution in [0.25, 0.3) is 0 Å². The summed E-state index contributed by atoms with van der Waals surface area (Å²) in [5.41, 5.74) is 0.498. The van der Waals surface area contributed by atoms with E-state index in [0.717, 1.165) is 6.20 Å². The van der Waals surface area contributed by atoms with Crippen molar-refractivity contribution in [2.45, 2.75) is 26.0 Å². The van der Waals surface area contributed by atoms with Gasteiger partial charge in [0, 0.05) is 24.3 Å². The van der Waals surface area contributed by atoms with Crippen molar-refractivity contribution in [3.05, 3.63) is 29.8 Å². The Morgan fingerprint density at radius 3 is 2.79 bits per heavy atom. The molecule has 14 heavy (non-hydrogen) atoms. The molecule has 0 aliphatic carbocycles. The summed E-state index contributed by atoms with van der Waals surface area (Å²) in [5.74, 6) is -0.425. The minimum Gasteiger partial charge on any atom is -0.387 e. The average molecular weight is 198 g/mol. The topological polar surface area (TPSA) is 45.1 Å². The molecule has 0 aliphatic heterocycles. The molecule has 0 saturated carbocycles. The second-order valence-corrected chi connectivity index (χ2v) is 3.52. The number of halogens is 1. The molecule has 0 bridgehead atoms. The van der Waals surface area contributed by atoms with Crippen molar-refractivity contribution in [1.82, 2.24) is 10.3 Å². The van der Waals surface area contributed by atoms with Crippen molar-refractivity contribution in [1.29, 1.82) is 0 Å². The van der Waals surface area contributed by atoms with Crippen molar-refractivity contribution in [3.8, 4) is 0 Å². The van der Waals surface area contributed by atoms with Crippen molar-refractivity contribution in [2.24, 2.45) is 0 Å². The Hall–Kier alpha value is -1.00. The minimum atomic E-state index is -0.708. The summed E-state index contributed by atoms with van der Waals surface area (Å²) in [4.78, 5) is 3.67. The van der Waals surface area contributed by atoms with Crippen LogP contribution in [0.5, 0.6) is 0 Å². The maximum atomic E-state index is 12.7. The lowest BCUT2D eigenvalue weighted by molar-refractivity contribution is 0.171. The molecule has 0 spiro atoms. The number of aliphatic hydroxyl groups excluding tert-OH is 1. The molecule has 4 heteroatoms. The van der Waals surface area contributed by atoms with Gasteiger partial charge in [-0.1, -0.05) is 13.8 Å². The summed E-state index contributed by atoms with van der Waals surface area (Å²) in [6.45, 7) is 4.37. The van der Waals surface area contributed by atoms with Gasteiger partial charge in [0.15, 0.2) is 0 Å². The van der Waals surface area contributed by atoms with E-state index in [1.807, 2.05) is 13.8 Å². The van der Waals surface area contributed by atoms with Crippen molar-refractivity contribution in [2.75, 3.05) is 6.54 Å². The second-order valence-electron chi connectivity index (χ2n) is 3.52. The normalized spacial score (nSPS) is 13.2. The standard InChI is InChI=1S/C10H15FN2O/c1-7(2)13-6-10(14)8-3-9(11)5-12-4-8/h3-5,7,10,13-14H,6H2,1-2H3/t10-/m0/s1. The predicted octanol–water partition coefficient (Wildman–Crippen LogP) is 1.25. The molecule has 1 aromatic rings. The number of pyridine rings is 1. The molecule has 0 radical (unpaired) electrons. The Balaban J connectivity index is 2.56. The molecule has 78 valence electrons. The van der Waals surface area contributed by atoms with Crippen LogP contribution in [0, 0.1) is 5.82 Å². The first kappa shape index (κ1) is 11.1. The lowest BCUT2D eigenvalue weighted by atomic mass is 10.1. The second kappa shape index (κ2) is 5.02. The fourth-order valence-electron chi connectivity index (χ4n) is 1.08. The van der Waals surface area contributed by atoms with Gasteiger partial charge in [-0.3, -0.25) is 4.98 Å². The van der Waals surface area contributed by atoms with Gasteiger partial charge in [-0.05, 0) is 6.07 Å². The van der Waals surface area contributed by atoms with E-state index < -0.39 is 11.9 Å². The zero-order chi connectivity index (χ0) is 10.6. The summed E-state index contributed by atoms with van der Waals surface area (Å²) in [5, 5.41) is 12.7. The van der Waals surface area contributed by atoms with Crippen LogP contribution in [0.2, 0.25) is 0 Å². The molecule has 1 rings (SSSR count). The highest BCUT2D eigenvalue weighted by molar-refractivity contribution is 5.13. The summed E-state index contributed by atoms with van der Waals surface area (Å²) in [6.07, 6.45) is 1.88. The van der Waals surface area contributed by atoms with Gasteiger partial charge in [-0.25, -0.2) is 4.39 Å². The Bertz CT molecular complexity index is 291. The van der Waals surface area contributed by atoms with Gasteiger partial charge in [-0.15, -0.1) is 0 Å². The lowest BCUT2D eigenvalue weighted by Crippen LogP contribution is -2.27. The number of rotatable bonds is 4. The van der Waals surface area contributed by atoms with Gasteiger partial charge in [-0.2, -0.15) is 0 Å². The highest BCUT2D eigenvalue weighted by atomic mass is 19.1. The van der Waals surface area contributed by atoms with E-state index in [-0.39, 0.29) is 0 Å². The zero-order valence-electron chi connectivity index (χ0n) is 8.37. The molecular formula is C10H15FN2O. The molecule has 1 aromatic heterocycles. The fourth-order valence-corrected chi connectivity index (χ4v) is 1.08. The Morgan fingerprint density at radius 1 is 1.50 bits per heavy atom. The first-order chi connectivity index (χ1) is 6.59. The van der Waals surface area contributed by atoms with Crippen LogP contribution in [-0.4, -0.2) is 22.7 Å². The van der Waals surface area contributed by atoms with E-state index in [1.165, 1.54) is 12.3 Å². The van der Waals surface area contributed by atoms with Crippen molar-refractivity contribution < 1.29 is 9.50 Å².